The Balaban J connectivity index is 1.77. The third kappa shape index (κ3) is 12.4. The van der Waals surface area contributed by atoms with Crippen molar-refractivity contribution in [1.82, 2.24) is 15.5 Å². The summed E-state index contributed by atoms with van der Waals surface area (Å²) < 4.78 is 10.8. The van der Waals surface area contributed by atoms with Gasteiger partial charge >= 0.3 is 6.09 Å². The number of hydrogen-bond acceptors (Lipinski definition) is 6. The number of rotatable bonds is 13. The predicted octanol–water partition coefficient (Wildman–Crippen LogP) is 3.44. The van der Waals surface area contributed by atoms with Gasteiger partial charge in [0.15, 0.2) is 0 Å². The Morgan fingerprint density at radius 3 is 2.20 bits per heavy atom. The zero-order chi connectivity index (χ0) is 25.7. The summed E-state index contributed by atoms with van der Waals surface area (Å²) in [4.78, 5) is 26.3. The van der Waals surface area contributed by atoms with Crippen LogP contribution >= 0.6 is 0 Å². The van der Waals surface area contributed by atoms with Gasteiger partial charge in [0, 0.05) is 32.6 Å². The average molecular weight is 486 g/mol. The van der Waals surface area contributed by atoms with Gasteiger partial charge in [-0.2, -0.15) is 0 Å². The summed E-state index contributed by atoms with van der Waals surface area (Å²) in [7, 11) is 1.73. The molecule has 0 spiro atoms. The zero-order valence-electron chi connectivity index (χ0n) is 21.2. The van der Waals surface area contributed by atoms with Crippen LogP contribution in [0.3, 0.4) is 0 Å². The van der Waals surface area contributed by atoms with E-state index in [9.17, 15) is 14.7 Å². The van der Waals surface area contributed by atoms with Crippen LogP contribution in [0.25, 0.3) is 0 Å². The van der Waals surface area contributed by atoms with Crippen molar-refractivity contribution in [1.29, 1.82) is 0 Å². The molecule has 2 unspecified atom stereocenters. The standard InChI is InChI=1S/C27H39N3O5/c1-27(2,3)35-26(33)29-23(18-21-12-7-5-8-13-21)19-24(31)30(4)17-11-16-28-25(32)34-20-22-14-9-6-10-15-22/h5-10,12-15,23,26,29,33H,11,16-20H2,1-4H3,(H,28,32). The van der Waals surface area contributed by atoms with Crippen molar-refractivity contribution in [3.63, 3.8) is 0 Å². The van der Waals surface area contributed by atoms with Gasteiger partial charge < -0.3 is 24.8 Å². The lowest BCUT2D eigenvalue weighted by molar-refractivity contribution is -0.185. The first-order valence-corrected chi connectivity index (χ1v) is 12.0. The Labute approximate surface area is 208 Å². The topological polar surface area (TPSA) is 100 Å². The number of alkyl carbamates (subject to hydrolysis) is 1. The van der Waals surface area contributed by atoms with Crippen LogP contribution in [-0.2, 0) is 27.3 Å². The molecule has 2 amide bonds. The third-order valence-corrected chi connectivity index (χ3v) is 5.17. The smallest absolute Gasteiger partial charge is 0.407 e. The van der Waals surface area contributed by atoms with E-state index in [4.69, 9.17) is 9.47 Å². The molecule has 0 radical (unpaired) electrons. The minimum atomic E-state index is -1.19. The van der Waals surface area contributed by atoms with Crippen LogP contribution in [0.5, 0.6) is 0 Å². The predicted molar refractivity (Wildman–Crippen MR) is 135 cm³/mol. The van der Waals surface area contributed by atoms with Crippen molar-refractivity contribution in [2.75, 3.05) is 20.1 Å². The number of amides is 2. The number of aliphatic hydroxyl groups is 1. The van der Waals surface area contributed by atoms with Gasteiger partial charge in [0.1, 0.15) is 6.61 Å². The number of carbonyl (C=O) groups is 2. The SMILES string of the molecule is CN(CCCNC(=O)OCc1ccccc1)C(=O)CC(Cc1ccccc1)NC(O)OC(C)(C)C. The van der Waals surface area contributed by atoms with Crippen LogP contribution < -0.4 is 10.6 Å². The molecule has 2 aromatic rings. The van der Waals surface area contributed by atoms with Gasteiger partial charge in [-0.05, 0) is 44.7 Å². The average Bonchev–Trinajstić information content (AvgIpc) is 2.80. The second-order valence-corrected chi connectivity index (χ2v) is 9.50. The lowest BCUT2D eigenvalue weighted by atomic mass is 10.0. The van der Waals surface area contributed by atoms with E-state index in [0.29, 0.717) is 25.9 Å². The fourth-order valence-electron chi connectivity index (χ4n) is 3.43. The summed E-state index contributed by atoms with van der Waals surface area (Å²) in [6, 6.07) is 19.0. The highest BCUT2D eigenvalue weighted by atomic mass is 16.6. The molecule has 3 N–H and O–H groups in total. The molecule has 0 saturated carbocycles. The molecule has 2 atom stereocenters. The lowest BCUT2D eigenvalue weighted by Crippen LogP contribution is -2.46. The van der Waals surface area contributed by atoms with Crippen molar-refractivity contribution in [3.05, 3.63) is 71.8 Å². The van der Waals surface area contributed by atoms with Crippen molar-refractivity contribution in [2.24, 2.45) is 0 Å². The summed E-state index contributed by atoms with van der Waals surface area (Å²) in [5.41, 5.74) is 1.45. The molecule has 0 saturated heterocycles. The van der Waals surface area contributed by atoms with Crippen LogP contribution in [-0.4, -0.2) is 60.2 Å². The molecular weight excluding hydrogens is 446 g/mol. The summed E-state index contributed by atoms with van der Waals surface area (Å²) in [6.45, 7) is 6.66. The summed E-state index contributed by atoms with van der Waals surface area (Å²) >= 11 is 0. The van der Waals surface area contributed by atoms with Crippen molar-refractivity contribution >= 4 is 12.0 Å². The highest BCUT2D eigenvalue weighted by Gasteiger charge is 2.23. The minimum Gasteiger partial charge on any atom is -0.445 e. The van der Waals surface area contributed by atoms with Gasteiger partial charge in [0.25, 0.3) is 0 Å². The van der Waals surface area contributed by atoms with Crippen LogP contribution in [0.2, 0.25) is 0 Å². The van der Waals surface area contributed by atoms with Gasteiger partial charge in [-0.25, -0.2) is 4.79 Å². The first-order chi connectivity index (χ1) is 16.6. The van der Waals surface area contributed by atoms with Crippen molar-refractivity contribution < 1.29 is 24.2 Å². The third-order valence-electron chi connectivity index (χ3n) is 5.17. The Hall–Kier alpha value is -2.94. The summed E-state index contributed by atoms with van der Waals surface area (Å²) in [5, 5.41) is 16.1. The largest absolute Gasteiger partial charge is 0.445 e. The first kappa shape index (κ1) is 28.3. The number of hydrogen-bond donors (Lipinski definition) is 3. The number of aliphatic hydroxyl groups excluding tert-OH is 1. The molecule has 0 aliphatic heterocycles. The Morgan fingerprint density at radius 2 is 1.60 bits per heavy atom. The molecular formula is C27H39N3O5. The molecule has 2 rings (SSSR count). The van der Waals surface area contributed by atoms with Crippen LogP contribution in [0, 0.1) is 0 Å². The molecule has 192 valence electrons. The van der Waals surface area contributed by atoms with E-state index in [1.165, 1.54) is 0 Å². The van der Waals surface area contributed by atoms with E-state index in [0.717, 1.165) is 11.1 Å². The Kier molecular flexibility index (Phi) is 11.7. The molecule has 0 bridgehead atoms. The molecule has 0 aromatic heterocycles. The van der Waals surface area contributed by atoms with E-state index in [1.54, 1.807) is 11.9 Å². The fraction of sp³-hybridized carbons (Fsp3) is 0.481. The normalized spacial score (nSPS) is 13.1. The van der Waals surface area contributed by atoms with Gasteiger partial charge in [0.2, 0.25) is 12.3 Å². The molecule has 0 heterocycles. The molecule has 35 heavy (non-hydrogen) atoms. The van der Waals surface area contributed by atoms with Crippen LogP contribution in [0.15, 0.2) is 60.7 Å². The quantitative estimate of drug-likeness (QED) is 0.297. The van der Waals surface area contributed by atoms with E-state index < -0.39 is 18.1 Å². The van der Waals surface area contributed by atoms with Crippen molar-refractivity contribution in [3.8, 4) is 0 Å². The Morgan fingerprint density at radius 1 is 1.00 bits per heavy atom. The highest BCUT2D eigenvalue weighted by Crippen LogP contribution is 2.12. The second-order valence-electron chi connectivity index (χ2n) is 9.50. The number of benzene rings is 2. The molecule has 0 fully saturated rings. The van der Waals surface area contributed by atoms with E-state index in [1.807, 2.05) is 81.4 Å². The van der Waals surface area contributed by atoms with Crippen LogP contribution in [0.1, 0.15) is 44.7 Å². The van der Waals surface area contributed by atoms with E-state index in [-0.39, 0.29) is 25.0 Å². The molecule has 8 nitrogen and oxygen atoms in total. The fourth-order valence-corrected chi connectivity index (χ4v) is 3.43. The van der Waals surface area contributed by atoms with E-state index in [2.05, 4.69) is 10.6 Å². The minimum absolute atomic E-state index is 0.0620. The van der Waals surface area contributed by atoms with Crippen LogP contribution in [0.4, 0.5) is 4.79 Å². The molecule has 2 aromatic carbocycles. The maximum absolute atomic E-state index is 12.8. The monoisotopic (exact) mass is 485 g/mol. The lowest BCUT2D eigenvalue weighted by Gasteiger charge is -2.29. The maximum atomic E-state index is 12.8. The number of carbonyl (C=O) groups excluding carboxylic acids is 2. The maximum Gasteiger partial charge on any atom is 0.407 e. The number of nitrogens with zero attached hydrogens (tertiary/aromatic N) is 1. The highest BCUT2D eigenvalue weighted by molar-refractivity contribution is 5.76. The molecule has 0 aliphatic rings. The Bertz CT molecular complexity index is 887. The summed E-state index contributed by atoms with van der Waals surface area (Å²) in [5.74, 6) is -0.0620. The van der Waals surface area contributed by atoms with Gasteiger partial charge in [-0.3, -0.25) is 10.1 Å². The number of nitrogens with one attached hydrogen (secondary N) is 2. The second kappa shape index (κ2) is 14.5. The zero-order valence-corrected chi connectivity index (χ0v) is 21.2. The summed E-state index contributed by atoms with van der Waals surface area (Å²) in [6.07, 6.45) is -0.312. The van der Waals surface area contributed by atoms with Gasteiger partial charge in [-0.15, -0.1) is 0 Å². The van der Waals surface area contributed by atoms with E-state index >= 15 is 0 Å². The van der Waals surface area contributed by atoms with Crippen molar-refractivity contribution in [2.45, 2.75) is 64.7 Å². The number of ether oxygens (including phenoxy) is 2. The van der Waals surface area contributed by atoms with Gasteiger partial charge in [-0.1, -0.05) is 60.7 Å². The molecule has 0 aliphatic carbocycles. The van der Waals surface area contributed by atoms with Gasteiger partial charge in [0.05, 0.1) is 5.60 Å². The first-order valence-electron chi connectivity index (χ1n) is 12.0. The molecule has 8 heteroatoms.